The Morgan fingerprint density at radius 3 is 2.62 bits per heavy atom. The van der Waals surface area contributed by atoms with Crippen molar-refractivity contribution in [2.24, 2.45) is 0 Å². The molecule has 0 aliphatic carbocycles. The number of rotatable bonds is 4. The number of halogens is 1. The van der Waals surface area contributed by atoms with Crippen LogP contribution >= 0.6 is 11.6 Å². The molecule has 1 aliphatic rings. The number of anilines is 1. The number of aromatic nitrogens is 4. The number of nitrogens with zero attached hydrogens (tertiary/aromatic N) is 4. The second-order valence-electron chi connectivity index (χ2n) is 5.72. The molecule has 8 heteroatoms. The summed E-state index contributed by atoms with van der Waals surface area (Å²) in [6.45, 7) is 0. The summed E-state index contributed by atoms with van der Waals surface area (Å²) in [6.07, 6.45) is 2.05. The molecule has 0 bridgehead atoms. The summed E-state index contributed by atoms with van der Waals surface area (Å²) in [5.74, 6) is 1.97. The van der Waals surface area contributed by atoms with E-state index in [1.165, 1.54) is 0 Å². The summed E-state index contributed by atoms with van der Waals surface area (Å²) in [4.78, 5) is 0. The lowest BCUT2D eigenvalue weighted by Gasteiger charge is -2.24. The average Bonchev–Trinajstić information content (AvgIpc) is 3.16. The van der Waals surface area contributed by atoms with E-state index in [4.69, 9.17) is 21.1 Å². The lowest BCUT2D eigenvalue weighted by atomic mass is 10.0. The molecule has 0 amide bonds. The molecule has 2 aromatic carbocycles. The van der Waals surface area contributed by atoms with Gasteiger partial charge in [0, 0.05) is 16.7 Å². The first kappa shape index (κ1) is 16.4. The van der Waals surface area contributed by atoms with E-state index in [-0.39, 0.29) is 6.04 Å². The van der Waals surface area contributed by atoms with Crippen LogP contribution in [0.5, 0.6) is 11.5 Å². The van der Waals surface area contributed by atoms with E-state index in [1.54, 1.807) is 18.9 Å². The van der Waals surface area contributed by atoms with Crippen LogP contribution in [0.3, 0.4) is 0 Å². The van der Waals surface area contributed by atoms with Gasteiger partial charge in [-0.25, -0.2) is 0 Å². The smallest absolute Gasteiger partial charge is 0.248 e. The number of ether oxygens (including phenoxy) is 2. The van der Waals surface area contributed by atoms with Gasteiger partial charge < -0.3 is 14.8 Å². The molecular formula is C18H16ClN5O2. The van der Waals surface area contributed by atoms with Crippen molar-refractivity contribution in [3.8, 4) is 11.5 Å². The predicted octanol–water partition coefficient (Wildman–Crippen LogP) is 3.40. The largest absolute Gasteiger partial charge is 0.497 e. The average molecular weight is 370 g/mol. The number of hydrogen-bond acceptors (Lipinski definition) is 6. The number of allylic oxidation sites excluding steroid dienone is 1. The number of nitrogens with one attached hydrogen (secondary N) is 1. The number of tetrazole rings is 1. The predicted molar refractivity (Wildman–Crippen MR) is 98.6 cm³/mol. The fourth-order valence-electron chi connectivity index (χ4n) is 2.93. The van der Waals surface area contributed by atoms with Crippen LogP contribution < -0.4 is 14.8 Å². The summed E-state index contributed by atoms with van der Waals surface area (Å²) in [5.41, 5.74) is 2.77. The Morgan fingerprint density at radius 2 is 1.88 bits per heavy atom. The summed E-state index contributed by atoms with van der Waals surface area (Å²) in [5, 5.41) is 15.9. The molecule has 132 valence electrons. The van der Waals surface area contributed by atoms with E-state index in [9.17, 15) is 0 Å². The van der Waals surface area contributed by atoms with E-state index < -0.39 is 0 Å². The van der Waals surface area contributed by atoms with Crippen LogP contribution in [0.2, 0.25) is 5.02 Å². The molecule has 1 atom stereocenters. The van der Waals surface area contributed by atoms with Crippen molar-refractivity contribution in [3.05, 3.63) is 64.7 Å². The summed E-state index contributed by atoms with van der Waals surface area (Å²) < 4.78 is 12.5. The lowest BCUT2D eigenvalue weighted by Crippen LogP contribution is -2.20. The van der Waals surface area contributed by atoms with Gasteiger partial charge in [-0.3, -0.25) is 0 Å². The van der Waals surface area contributed by atoms with E-state index in [0.29, 0.717) is 16.7 Å². The van der Waals surface area contributed by atoms with Gasteiger partial charge in [-0.15, -0.1) is 0 Å². The van der Waals surface area contributed by atoms with Crippen LogP contribution in [-0.2, 0) is 0 Å². The molecular weight excluding hydrogens is 354 g/mol. The van der Waals surface area contributed by atoms with Crippen molar-refractivity contribution in [2.45, 2.75) is 6.04 Å². The highest BCUT2D eigenvalue weighted by Crippen LogP contribution is 2.36. The maximum absolute atomic E-state index is 6.02. The third kappa shape index (κ3) is 2.86. The maximum Gasteiger partial charge on any atom is 0.248 e. The molecule has 1 aromatic heterocycles. The third-order valence-electron chi connectivity index (χ3n) is 4.24. The normalized spacial score (nSPS) is 15.7. The standard InChI is InChI=1S/C18H16ClN5O2/c1-25-13-7-8-14(17(9-13)26-2)15-10-16(11-3-5-12(19)6-4-11)24-18(20-15)21-22-23-24/h3-10,16H,1-2H3,(H,20,21,23)/t16-/m1/s1. The van der Waals surface area contributed by atoms with E-state index in [0.717, 1.165) is 22.6 Å². The quantitative estimate of drug-likeness (QED) is 0.759. The van der Waals surface area contributed by atoms with Crippen LogP contribution in [0.25, 0.3) is 5.70 Å². The second kappa shape index (κ2) is 6.68. The van der Waals surface area contributed by atoms with Crippen LogP contribution in [0, 0.1) is 0 Å². The van der Waals surface area contributed by atoms with Crippen LogP contribution in [0.1, 0.15) is 17.2 Å². The second-order valence-corrected chi connectivity index (χ2v) is 6.15. The molecule has 0 unspecified atom stereocenters. The minimum absolute atomic E-state index is 0.166. The molecule has 0 fully saturated rings. The minimum Gasteiger partial charge on any atom is -0.497 e. The number of hydrogen-bond donors (Lipinski definition) is 1. The van der Waals surface area contributed by atoms with Crippen LogP contribution in [0.4, 0.5) is 5.95 Å². The summed E-state index contributed by atoms with van der Waals surface area (Å²) >= 11 is 6.02. The van der Waals surface area contributed by atoms with Crippen LogP contribution in [-0.4, -0.2) is 34.4 Å². The third-order valence-corrected chi connectivity index (χ3v) is 4.49. The van der Waals surface area contributed by atoms with Gasteiger partial charge in [-0.05, 0) is 46.3 Å². The van der Waals surface area contributed by atoms with E-state index >= 15 is 0 Å². The van der Waals surface area contributed by atoms with Gasteiger partial charge >= 0.3 is 0 Å². The summed E-state index contributed by atoms with van der Waals surface area (Å²) in [6, 6.07) is 13.1. The Labute approximate surface area is 155 Å². The number of fused-ring (bicyclic) bond motifs is 1. The molecule has 1 aliphatic heterocycles. The molecule has 0 radical (unpaired) electrons. The van der Waals surface area contributed by atoms with Crippen molar-refractivity contribution in [2.75, 3.05) is 19.5 Å². The Hall–Kier alpha value is -3.06. The topological polar surface area (TPSA) is 74.1 Å². The van der Waals surface area contributed by atoms with Gasteiger partial charge in [0.25, 0.3) is 0 Å². The molecule has 0 saturated carbocycles. The molecule has 26 heavy (non-hydrogen) atoms. The first-order valence-electron chi connectivity index (χ1n) is 7.94. The Morgan fingerprint density at radius 1 is 1.08 bits per heavy atom. The fourth-order valence-corrected chi connectivity index (χ4v) is 3.06. The molecule has 3 aromatic rings. The van der Waals surface area contributed by atoms with Crippen molar-refractivity contribution in [1.82, 2.24) is 20.2 Å². The zero-order valence-electron chi connectivity index (χ0n) is 14.2. The summed E-state index contributed by atoms with van der Waals surface area (Å²) in [7, 11) is 3.25. The molecule has 1 N–H and O–H groups in total. The Kier molecular flexibility index (Phi) is 4.22. The molecule has 2 heterocycles. The Balaban J connectivity index is 1.81. The zero-order chi connectivity index (χ0) is 18.1. The maximum atomic E-state index is 6.02. The number of methoxy groups -OCH3 is 2. The van der Waals surface area contributed by atoms with Crippen molar-refractivity contribution < 1.29 is 9.47 Å². The van der Waals surface area contributed by atoms with Gasteiger partial charge in [0.05, 0.1) is 19.9 Å². The first-order valence-corrected chi connectivity index (χ1v) is 8.32. The molecule has 0 spiro atoms. The SMILES string of the molecule is COc1ccc(C2=C[C@H](c3ccc(Cl)cc3)n3nnnc3N2)c(OC)c1. The minimum atomic E-state index is -0.166. The van der Waals surface area contributed by atoms with Gasteiger partial charge in [0.15, 0.2) is 0 Å². The van der Waals surface area contributed by atoms with Crippen molar-refractivity contribution >= 4 is 23.2 Å². The van der Waals surface area contributed by atoms with Gasteiger partial charge in [0.1, 0.15) is 17.5 Å². The first-order chi connectivity index (χ1) is 12.7. The zero-order valence-corrected chi connectivity index (χ0v) is 14.9. The highest BCUT2D eigenvalue weighted by atomic mass is 35.5. The van der Waals surface area contributed by atoms with Gasteiger partial charge in [-0.2, -0.15) is 4.68 Å². The van der Waals surface area contributed by atoms with E-state index in [2.05, 4.69) is 26.9 Å². The van der Waals surface area contributed by atoms with E-state index in [1.807, 2.05) is 42.5 Å². The highest BCUT2D eigenvalue weighted by Gasteiger charge is 2.25. The molecule has 4 rings (SSSR count). The Bertz CT molecular complexity index is 968. The van der Waals surface area contributed by atoms with Gasteiger partial charge in [-0.1, -0.05) is 28.8 Å². The number of benzene rings is 2. The van der Waals surface area contributed by atoms with Crippen molar-refractivity contribution in [1.29, 1.82) is 0 Å². The molecule has 0 saturated heterocycles. The van der Waals surface area contributed by atoms with Crippen molar-refractivity contribution in [3.63, 3.8) is 0 Å². The monoisotopic (exact) mass is 369 g/mol. The van der Waals surface area contributed by atoms with Gasteiger partial charge in [0.2, 0.25) is 5.95 Å². The highest BCUT2D eigenvalue weighted by molar-refractivity contribution is 6.30. The fraction of sp³-hybridized carbons (Fsp3) is 0.167. The van der Waals surface area contributed by atoms with Crippen LogP contribution in [0.15, 0.2) is 48.5 Å². The lowest BCUT2D eigenvalue weighted by molar-refractivity contribution is 0.393. The molecule has 7 nitrogen and oxygen atoms in total.